The molecule has 1 amide bonds. The van der Waals surface area contributed by atoms with Crippen LogP contribution in [0.5, 0.6) is 0 Å². The first kappa shape index (κ1) is 16.0. The van der Waals surface area contributed by atoms with Crippen molar-refractivity contribution in [1.82, 2.24) is 20.3 Å². The van der Waals surface area contributed by atoms with Gasteiger partial charge in [-0.2, -0.15) is 0 Å². The van der Waals surface area contributed by atoms with E-state index < -0.39 is 0 Å². The number of amides is 1. The number of fused-ring (bicyclic) bond motifs is 1. The van der Waals surface area contributed by atoms with Crippen LogP contribution in [0.25, 0.3) is 0 Å². The lowest BCUT2D eigenvalue weighted by Crippen LogP contribution is -2.44. The number of aromatic nitrogens is 3. The number of rotatable bonds is 4. The molecule has 130 valence electrons. The van der Waals surface area contributed by atoms with E-state index in [0.717, 1.165) is 24.7 Å². The number of nitrogens with one attached hydrogen (secondary N) is 1. The molecule has 0 saturated carbocycles. The van der Waals surface area contributed by atoms with Gasteiger partial charge in [-0.1, -0.05) is 6.07 Å². The summed E-state index contributed by atoms with van der Waals surface area (Å²) in [5, 5.41) is 3.00. The van der Waals surface area contributed by atoms with E-state index in [9.17, 15) is 4.79 Å². The quantitative estimate of drug-likeness (QED) is 0.891. The molecule has 2 fully saturated rings. The summed E-state index contributed by atoms with van der Waals surface area (Å²) in [6, 6.07) is 7.50. The maximum absolute atomic E-state index is 12.7. The number of hydrogen-bond donors (Lipinski definition) is 1. The van der Waals surface area contributed by atoms with Gasteiger partial charge in [0.05, 0.1) is 31.4 Å². The summed E-state index contributed by atoms with van der Waals surface area (Å²) >= 11 is 0. The zero-order chi connectivity index (χ0) is 17.1. The summed E-state index contributed by atoms with van der Waals surface area (Å²) in [5.74, 6) is 1.22. The van der Waals surface area contributed by atoms with Gasteiger partial charge in [0.15, 0.2) is 0 Å². The second-order valence-electron chi connectivity index (χ2n) is 6.56. The van der Waals surface area contributed by atoms with Crippen LogP contribution in [0.3, 0.4) is 0 Å². The SMILES string of the molecule is O=C(NCc1ccccn1)[C@H]1COC[C@H]2CN(c3ncccn3)C[C@H]21. The Balaban J connectivity index is 1.41. The molecule has 2 saturated heterocycles. The third-order valence-corrected chi connectivity index (χ3v) is 4.98. The van der Waals surface area contributed by atoms with E-state index in [1.807, 2.05) is 24.3 Å². The van der Waals surface area contributed by atoms with Gasteiger partial charge in [-0.05, 0) is 24.1 Å². The van der Waals surface area contributed by atoms with Crippen molar-refractivity contribution < 1.29 is 9.53 Å². The van der Waals surface area contributed by atoms with Crippen molar-refractivity contribution >= 4 is 11.9 Å². The molecule has 4 heterocycles. The van der Waals surface area contributed by atoms with Gasteiger partial charge >= 0.3 is 0 Å². The molecule has 25 heavy (non-hydrogen) atoms. The fraction of sp³-hybridized carbons (Fsp3) is 0.444. The molecule has 2 aliphatic rings. The Morgan fingerprint density at radius 1 is 1.12 bits per heavy atom. The Morgan fingerprint density at radius 3 is 2.76 bits per heavy atom. The van der Waals surface area contributed by atoms with Gasteiger partial charge in [0.25, 0.3) is 0 Å². The second-order valence-corrected chi connectivity index (χ2v) is 6.56. The van der Waals surface area contributed by atoms with Crippen LogP contribution < -0.4 is 10.2 Å². The average molecular weight is 339 g/mol. The molecule has 0 aliphatic carbocycles. The van der Waals surface area contributed by atoms with Gasteiger partial charge in [-0.25, -0.2) is 9.97 Å². The maximum atomic E-state index is 12.7. The summed E-state index contributed by atoms with van der Waals surface area (Å²) in [5.41, 5.74) is 0.856. The van der Waals surface area contributed by atoms with Crippen LogP contribution in [0, 0.1) is 17.8 Å². The predicted octanol–water partition coefficient (Wildman–Crippen LogP) is 0.887. The fourth-order valence-electron chi connectivity index (χ4n) is 3.70. The smallest absolute Gasteiger partial charge is 0.226 e. The molecule has 2 aliphatic heterocycles. The minimum atomic E-state index is -0.142. The van der Waals surface area contributed by atoms with Gasteiger partial charge in [0, 0.05) is 37.6 Å². The molecule has 2 aromatic heterocycles. The number of anilines is 1. The number of hydrogen-bond acceptors (Lipinski definition) is 6. The zero-order valence-electron chi connectivity index (χ0n) is 13.9. The van der Waals surface area contributed by atoms with Gasteiger partial charge in [-0.3, -0.25) is 9.78 Å². The predicted molar refractivity (Wildman–Crippen MR) is 91.6 cm³/mol. The second kappa shape index (κ2) is 7.14. The van der Waals surface area contributed by atoms with Crippen molar-refractivity contribution in [2.75, 3.05) is 31.2 Å². The highest BCUT2D eigenvalue weighted by Crippen LogP contribution is 2.35. The number of pyridine rings is 1. The Labute approximate surface area is 146 Å². The molecule has 0 unspecified atom stereocenters. The Hall–Kier alpha value is -2.54. The molecule has 7 nitrogen and oxygen atoms in total. The van der Waals surface area contributed by atoms with Crippen molar-refractivity contribution in [3.05, 3.63) is 48.5 Å². The fourth-order valence-corrected chi connectivity index (χ4v) is 3.70. The first-order valence-corrected chi connectivity index (χ1v) is 8.58. The maximum Gasteiger partial charge on any atom is 0.226 e. The highest BCUT2D eigenvalue weighted by Gasteiger charge is 2.44. The molecular formula is C18H21N5O2. The van der Waals surface area contributed by atoms with Gasteiger partial charge in [0.2, 0.25) is 11.9 Å². The van der Waals surface area contributed by atoms with Crippen LogP contribution in [0.4, 0.5) is 5.95 Å². The molecule has 2 aromatic rings. The van der Waals surface area contributed by atoms with E-state index in [1.165, 1.54) is 0 Å². The molecule has 7 heteroatoms. The van der Waals surface area contributed by atoms with Crippen molar-refractivity contribution in [2.45, 2.75) is 6.54 Å². The van der Waals surface area contributed by atoms with Crippen molar-refractivity contribution in [1.29, 1.82) is 0 Å². The minimum Gasteiger partial charge on any atom is -0.380 e. The molecular weight excluding hydrogens is 318 g/mol. The highest BCUT2D eigenvalue weighted by atomic mass is 16.5. The summed E-state index contributed by atoms with van der Waals surface area (Å²) in [6.45, 7) is 3.23. The van der Waals surface area contributed by atoms with E-state index in [0.29, 0.717) is 25.7 Å². The molecule has 1 N–H and O–H groups in total. The standard InChI is InChI=1S/C18H21N5O2/c24-17(22-8-14-4-1-2-5-19-14)16-12-25-11-13-9-23(10-15(13)16)18-20-6-3-7-21-18/h1-7,13,15-16H,8-12H2,(H,22,24)/t13-,15-,16+/m1/s1. The summed E-state index contributed by atoms with van der Waals surface area (Å²) in [6.07, 6.45) is 5.23. The number of carbonyl (C=O) groups excluding carboxylic acids is 1. The molecule has 3 atom stereocenters. The van der Waals surface area contributed by atoms with E-state index in [1.54, 1.807) is 18.6 Å². The lowest BCUT2D eigenvalue weighted by molar-refractivity contribution is -0.133. The highest BCUT2D eigenvalue weighted by molar-refractivity contribution is 5.79. The number of nitrogens with zero attached hydrogens (tertiary/aromatic N) is 4. The summed E-state index contributed by atoms with van der Waals surface area (Å²) < 4.78 is 5.71. The topological polar surface area (TPSA) is 80.2 Å². The Bertz CT molecular complexity index is 712. The summed E-state index contributed by atoms with van der Waals surface area (Å²) in [7, 11) is 0. The molecule has 0 radical (unpaired) electrons. The third kappa shape index (κ3) is 3.46. The molecule has 0 aromatic carbocycles. The third-order valence-electron chi connectivity index (χ3n) is 4.98. The Kier molecular flexibility index (Phi) is 4.56. The van der Waals surface area contributed by atoms with Crippen LogP contribution in [0.1, 0.15) is 5.69 Å². The van der Waals surface area contributed by atoms with Crippen molar-refractivity contribution in [2.24, 2.45) is 17.8 Å². The normalized spacial score (nSPS) is 25.4. The zero-order valence-corrected chi connectivity index (χ0v) is 13.9. The van der Waals surface area contributed by atoms with Crippen LogP contribution in [0.2, 0.25) is 0 Å². The monoisotopic (exact) mass is 339 g/mol. The van der Waals surface area contributed by atoms with Crippen LogP contribution in [-0.4, -0.2) is 47.2 Å². The van der Waals surface area contributed by atoms with E-state index in [2.05, 4.69) is 25.2 Å². The number of ether oxygens (including phenoxy) is 1. The van der Waals surface area contributed by atoms with Crippen LogP contribution in [-0.2, 0) is 16.1 Å². The van der Waals surface area contributed by atoms with E-state index >= 15 is 0 Å². The first-order chi connectivity index (χ1) is 12.3. The molecule has 0 spiro atoms. The first-order valence-electron chi connectivity index (χ1n) is 8.58. The molecule has 4 rings (SSSR count). The van der Waals surface area contributed by atoms with Crippen LogP contribution >= 0.6 is 0 Å². The van der Waals surface area contributed by atoms with Crippen LogP contribution in [0.15, 0.2) is 42.9 Å². The number of carbonyl (C=O) groups is 1. The van der Waals surface area contributed by atoms with Crippen molar-refractivity contribution in [3.8, 4) is 0 Å². The molecule has 0 bridgehead atoms. The minimum absolute atomic E-state index is 0.0381. The van der Waals surface area contributed by atoms with Gasteiger partial charge < -0.3 is 15.0 Å². The lowest BCUT2D eigenvalue weighted by Gasteiger charge is -2.31. The van der Waals surface area contributed by atoms with Gasteiger partial charge in [0.1, 0.15) is 0 Å². The lowest BCUT2D eigenvalue weighted by atomic mass is 9.82. The van der Waals surface area contributed by atoms with Crippen molar-refractivity contribution in [3.63, 3.8) is 0 Å². The van der Waals surface area contributed by atoms with E-state index in [4.69, 9.17) is 4.74 Å². The average Bonchev–Trinajstić information content (AvgIpc) is 3.12. The van der Waals surface area contributed by atoms with Gasteiger partial charge in [-0.15, -0.1) is 0 Å². The van der Waals surface area contributed by atoms with E-state index in [-0.39, 0.29) is 17.7 Å². The summed E-state index contributed by atoms with van der Waals surface area (Å²) in [4.78, 5) is 27.7. The Morgan fingerprint density at radius 2 is 1.96 bits per heavy atom. The largest absolute Gasteiger partial charge is 0.380 e.